The van der Waals surface area contributed by atoms with Gasteiger partial charge in [-0.25, -0.2) is 4.98 Å². The summed E-state index contributed by atoms with van der Waals surface area (Å²) >= 11 is 5.85. The van der Waals surface area contributed by atoms with Gasteiger partial charge in [0, 0.05) is 26.4 Å². The predicted octanol–water partition coefficient (Wildman–Crippen LogP) is 1.82. The second-order valence-corrected chi connectivity index (χ2v) is 5.24. The minimum Gasteiger partial charge on any atom is -0.382 e. The van der Waals surface area contributed by atoms with E-state index < -0.39 is 0 Å². The fraction of sp³-hybridized carbons (Fsp3) is 0.538. The number of rotatable bonds is 6. The van der Waals surface area contributed by atoms with E-state index in [9.17, 15) is 4.79 Å². The number of aromatic nitrogens is 1. The molecule has 1 aliphatic rings. The number of halogens is 1. The lowest BCUT2D eigenvalue weighted by molar-refractivity contribution is 0.0681. The van der Waals surface area contributed by atoms with Gasteiger partial charge in [-0.2, -0.15) is 0 Å². The van der Waals surface area contributed by atoms with Crippen LogP contribution < -0.4 is 5.73 Å². The molecule has 2 rings (SSSR count). The molecular formula is C13H18ClN3O2. The maximum atomic E-state index is 12.1. The summed E-state index contributed by atoms with van der Waals surface area (Å²) in [4.78, 5) is 17.6. The van der Waals surface area contributed by atoms with E-state index in [1.807, 2.05) is 0 Å². The van der Waals surface area contributed by atoms with Crippen molar-refractivity contribution in [1.29, 1.82) is 0 Å². The smallest absolute Gasteiger partial charge is 0.255 e. The molecule has 1 fully saturated rings. The topological polar surface area (TPSA) is 68.5 Å². The quantitative estimate of drug-likeness (QED) is 0.809. The molecule has 0 spiro atoms. The van der Waals surface area contributed by atoms with Gasteiger partial charge in [0.25, 0.3) is 5.91 Å². The van der Waals surface area contributed by atoms with E-state index in [1.54, 1.807) is 11.9 Å². The normalized spacial score (nSPS) is 14.4. The Bertz CT molecular complexity index is 463. The molecule has 0 aliphatic heterocycles. The lowest BCUT2D eigenvalue weighted by Crippen LogP contribution is -2.30. The molecule has 1 saturated carbocycles. The number of amides is 1. The molecule has 0 aromatic carbocycles. The number of hydrogen-bond donors (Lipinski definition) is 1. The van der Waals surface area contributed by atoms with Gasteiger partial charge in [-0.05, 0) is 24.8 Å². The van der Waals surface area contributed by atoms with Gasteiger partial charge >= 0.3 is 0 Å². The average Bonchev–Trinajstić information content (AvgIpc) is 3.21. The van der Waals surface area contributed by atoms with Gasteiger partial charge in [0.1, 0.15) is 5.82 Å². The summed E-state index contributed by atoms with van der Waals surface area (Å²) in [5.41, 5.74) is 5.94. The van der Waals surface area contributed by atoms with E-state index in [1.165, 1.54) is 25.1 Å². The van der Waals surface area contributed by atoms with Crippen LogP contribution in [0, 0.1) is 5.92 Å². The second kappa shape index (κ2) is 6.21. The summed E-state index contributed by atoms with van der Waals surface area (Å²) in [6, 6.07) is 1.54. The van der Waals surface area contributed by atoms with Crippen LogP contribution in [0.15, 0.2) is 12.3 Å². The molecule has 1 aliphatic carbocycles. The van der Waals surface area contributed by atoms with Crippen molar-refractivity contribution in [1.82, 2.24) is 9.88 Å². The summed E-state index contributed by atoms with van der Waals surface area (Å²) in [6.07, 6.45) is 3.97. The van der Waals surface area contributed by atoms with Crippen LogP contribution in [0.3, 0.4) is 0 Å². The van der Waals surface area contributed by atoms with Crippen molar-refractivity contribution in [2.45, 2.75) is 12.8 Å². The number of nitrogens with two attached hydrogens (primary N) is 1. The molecule has 0 atom stereocenters. The van der Waals surface area contributed by atoms with E-state index >= 15 is 0 Å². The minimum atomic E-state index is -0.135. The van der Waals surface area contributed by atoms with E-state index in [4.69, 9.17) is 22.1 Å². The molecule has 0 saturated heterocycles. The molecule has 0 bridgehead atoms. The van der Waals surface area contributed by atoms with E-state index in [2.05, 4.69) is 4.98 Å². The number of nitrogen functional groups attached to an aromatic ring is 1. The highest BCUT2D eigenvalue weighted by Crippen LogP contribution is 2.28. The SMILES string of the molecule is CN(CCOCC1CC1)C(=O)c1cnc(N)c(Cl)c1. The van der Waals surface area contributed by atoms with Crippen LogP contribution in [0.5, 0.6) is 0 Å². The van der Waals surface area contributed by atoms with Crippen LogP contribution in [0.4, 0.5) is 5.82 Å². The molecule has 5 nitrogen and oxygen atoms in total. The maximum Gasteiger partial charge on any atom is 0.255 e. The van der Waals surface area contributed by atoms with Crippen molar-refractivity contribution in [3.8, 4) is 0 Å². The van der Waals surface area contributed by atoms with Gasteiger partial charge in [-0.3, -0.25) is 4.79 Å². The molecule has 0 radical (unpaired) electrons. The van der Waals surface area contributed by atoms with Crippen LogP contribution in [0.1, 0.15) is 23.2 Å². The van der Waals surface area contributed by atoms with E-state index in [0.717, 1.165) is 12.5 Å². The molecular weight excluding hydrogens is 266 g/mol. The third-order valence-electron chi connectivity index (χ3n) is 3.08. The number of carbonyl (C=O) groups is 1. The zero-order chi connectivity index (χ0) is 13.8. The first-order valence-electron chi connectivity index (χ1n) is 6.32. The molecule has 1 heterocycles. The summed E-state index contributed by atoms with van der Waals surface area (Å²) in [6.45, 7) is 1.90. The molecule has 1 aromatic rings. The van der Waals surface area contributed by atoms with Crippen LogP contribution in [0.25, 0.3) is 0 Å². The Kier molecular flexibility index (Phi) is 4.61. The van der Waals surface area contributed by atoms with Crippen molar-refractivity contribution >= 4 is 23.3 Å². The lowest BCUT2D eigenvalue weighted by Gasteiger charge is -2.17. The number of likely N-dealkylation sites (N-methyl/N-ethyl adjacent to an activating group) is 1. The van der Waals surface area contributed by atoms with Crippen molar-refractivity contribution < 1.29 is 9.53 Å². The molecule has 1 aromatic heterocycles. The molecule has 6 heteroatoms. The van der Waals surface area contributed by atoms with Crippen LogP contribution in [-0.2, 0) is 4.74 Å². The highest BCUT2D eigenvalue weighted by molar-refractivity contribution is 6.33. The summed E-state index contributed by atoms with van der Waals surface area (Å²) in [7, 11) is 1.73. The molecule has 19 heavy (non-hydrogen) atoms. The van der Waals surface area contributed by atoms with E-state index in [-0.39, 0.29) is 11.7 Å². The Morgan fingerprint density at radius 2 is 2.37 bits per heavy atom. The average molecular weight is 284 g/mol. The van der Waals surface area contributed by atoms with Crippen molar-refractivity contribution in [3.05, 3.63) is 22.8 Å². The highest BCUT2D eigenvalue weighted by atomic mass is 35.5. The Hall–Kier alpha value is -1.33. The molecule has 104 valence electrons. The standard InChI is InChI=1S/C13H18ClN3O2/c1-17(4-5-19-8-9-2-3-9)13(18)10-6-11(14)12(15)16-7-10/h6-7,9H,2-5,8H2,1H3,(H2,15,16). The number of hydrogen-bond acceptors (Lipinski definition) is 4. The summed E-state index contributed by atoms with van der Waals surface area (Å²) in [5, 5.41) is 0.296. The van der Waals surface area contributed by atoms with Crippen LogP contribution >= 0.6 is 11.6 Å². The first kappa shape index (κ1) is 14.1. The van der Waals surface area contributed by atoms with Gasteiger partial charge in [0.05, 0.1) is 17.2 Å². The fourth-order valence-electron chi connectivity index (χ4n) is 1.62. The minimum absolute atomic E-state index is 0.135. The van der Waals surface area contributed by atoms with Gasteiger partial charge in [-0.15, -0.1) is 0 Å². The zero-order valence-electron chi connectivity index (χ0n) is 10.9. The summed E-state index contributed by atoms with van der Waals surface area (Å²) < 4.78 is 5.50. The first-order valence-corrected chi connectivity index (χ1v) is 6.70. The molecule has 0 unspecified atom stereocenters. The van der Waals surface area contributed by atoms with Gasteiger partial charge in [0.15, 0.2) is 0 Å². The van der Waals surface area contributed by atoms with E-state index in [0.29, 0.717) is 23.7 Å². The second-order valence-electron chi connectivity index (χ2n) is 4.84. The lowest BCUT2D eigenvalue weighted by atomic mass is 10.2. The third kappa shape index (κ3) is 4.08. The maximum absolute atomic E-state index is 12.1. The number of nitrogens with zero attached hydrogens (tertiary/aromatic N) is 2. The summed E-state index contributed by atoms with van der Waals surface area (Å²) in [5.74, 6) is 0.833. The molecule has 2 N–H and O–H groups in total. The van der Waals surface area contributed by atoms with Crippen molar-refractivity contribution in [3.63, 3.8) is 0 Å². The Balaban J connectivity index is 1.81. The Morgan fingerprint density at radius 3 is 3.00 bits per heavy atom. The highest BCUT2D eigenvalue weighted by Gasteiger charge is 2.21. The van der Waals surface area contributed by atoms with Gasteiger partial charge in [-0.1, -0.05) is 11.6 Å². The van der Waals surface area contributed by atoms with Crippen molar-refractivity contribution in [2.75, 3.05) is 32.5 Å². The van der Waals surface area contributed by atoms with Gasteiger partial charge in [0.2, 0.25) is 0 Å². The number of ether oxygens (including phenoxy) is 1. The Morgan fingerprint density at radius 1 is 1.63 bits per heavy atom. The monoisotopic (exact) mass is 283 g/mol. The number of anilines is 1. The fourth-order valence-corrected chi connectivity index (χ4v) is 1.79. The first-order chi connectivity index (χ1) is 9.08. The van der Waals surface area contributed by atoms with Gasteiger partial charge < -0.3 is 15.4 Å². The zero-order valence-corrected chi connectivity index (χ0v) is 11.7. The Labute approximate surface area is 117 Å². The van der Waals surface area contributed by atoms with Crippen molar-refractivity contribution in [2.24, 2.45) is 5.92 Å². The van der Waals surface area contributed by atoms with Crippen LogP contribution in [-0.4, -0.2) is 42.6 Å². The third-order valence-corrected chi connectivity index (χ3v) is 3.39. The molecule has 1 amide bonds. The van der Waals surface area contributed by atoms with Crippen LogP contribution in [0.2, 0.25) is 5.02 Å². The predicted molar refractivity (Wildman–Crippen MR) is 74.2 cm³/mol. The number of carbonyl (C=O) groups excluding carboxylic acids is 1. The number of pyridine rings is 1. The largest absolute Gasteiger partial charge is 0.382 e.